The molecule has 0 spiro atoms. The highest BCUT2D eigenvalue weighted by Gasteiger charge is 2.13. The van der Waals surface area contributed by atoms with E-state index in [-0.39, 0.29) is 0 Å². The summed E-state index contributed by atoms with van der Waals surface area (Å²) in [6.45, 7) is 0.657. The molecule has 1 N–H and O–H groups in total. The predicted octanol–water partition coefficient (Wildman–Crippen LogP) is 2.42. The normalized spacial score (nSPS) is 10.7. The summed E-state index contributed by atoms with van der Waals surface area (Å²) in [4.78, 5) is 4.09. The van der Waals surface area contributed by atoms with E-state index in [1.807, 2.05) is 19.2 Å². The van der Waals surface area contributed by atoms with E-state index in [2.05, 4.69) is 26.2 Å². The first-order valence-electron chi connectivity index (χ1n) is 4.14. The van der Waals surface area contributed by atoms with Crippen LogP contribution in [0.2, 0.25) is 0 Å². The van der Waals surface area contributed by atoms with E-state index in [9.17, 15) is 0 Å². The van der Waals surface area contributed by atoms with Gasteiger partial charge in [0.25, 0.3) is 0 Å². The minimum atomic E-state index is 0.657. The van der Waals surface area contributed by atoms with Crippen LogP contribution in [0.25, 0.3) is 11.5 Å². The Bertz CT molecular complexity index is 422. The van der Waals surface area contributed by atoms with Gasteiger partial charge in [0.15, 0.2) is 22.6 Å². The zero-order valence-corrected chi connectivity index (χ0v) is 9.17. The van der Waals surface area contributed by atoms with Crippen molar-refractivity contribution < 1.29 is 8.83 Å². The van der Waals surface area contributed by atoms with E-state index in [0.717, 1.165) is 5.69 Å². The third-order valence-corrected chi connectivity index (χ3v) is 2.21. The summed E-state index contributed by atoms with van der Waals surface area (Å²) in [5.41, 5.74) is 0.842. The van der Waals surface area contributed by atoms with Gasteiger partial charge in [0.2, 0.25) is 0 Å². The molecule has 0 saturated carbocycles. The first-order chi connectivity index (χ1) is 6.81. The number of furan rings is 1. The second-order valence-electron chi connectivity index (χ2n) is 2.76. The van der Waals surface area contributed by atoms with Crippen LogP contribution >= 0.6 is 15.9 Å². The Kier molecular flexibility index (Phi) is 2.69. The van der Waals surface area contributed by atoms with Crippen LogP contribution in [0.15, 0.2) is 32.0 Å². The minimum absolute atomic E-state index is 0.657. The topological polar surface area (TPSA) is 51.2 Å². The van der Waals surface area contributed by atoms with Gasteiger partial charge in [0, 0.05) is 6.54 Å². The summed E-state index contributed by atoms with van der Waals surface area (Å²) in [6.07, 6.45) is 1.42. The quantitative estimate of drug-likeness (QED) is 0.917. The molecule has 5 heteroatoms. The van der Waals surface area contributed by atoms with Crippen molar-refractivity contribution in [2.75, 3.05) is 7.05 Å². The lowest BCUT2D eigenvalue weighted by atomic mass is 10.3. The highest BCUT2D eigenvalue weighted by Crippen LogP contribution is 2.27. The standard InChI is InChI=1S/C9H9BrN2O2/c1-11-4-6-9(13-5-12-6)7-2-3-8(10)14-7/h2-3,5,11H,4H2,1H3. The van der Waals surface area contributed by atoms with Gasteiger partial charge >= 0.3 is 0 Å². The molecule has 2 aromatic heterocycles. The van der Waals surface area contributed by atoms with E-state index in [0.29, 0.717) is 22.7 Å². The maximum absolute atomic E-state index is 5.37. The highest BCUT2D eigenvalue weighted by molar-refractivity contribution is 9.10. The molecule has 2 heterocycles. The monoisotopic (exact) mass is 256 g/mol. The Morgan fingerprint density at radius 2 is 2.36 bits per heavy atom. The van der Waals surface area contributed by atoms with Crippen molar-refractivity contribution in [1.82, 2.24) is 10.3 Å². The van der Waals surface area contributed by atoms with Gasteiger partial charge in [-0.2, -0.15) is 0 Å². The molecule has 0 aliphatic rings. The van der Waals surface area contributed by atoms with Crippen molar-refractivity contribution in [2.24, 2.45) is 0 Å². The summed E-state index contributed by atoms with van der Waals surface area (Å²) in [5.74, 6) is 1.35. The van der Waals surface area contributed by atoms with Crippen LogP contribution in [-0.2, 0) is 6.54 Å². The predicted molar refractivity (Wildman–Crippen MR) is 54.7 cm³/mol. The summed E-state index contributed by atoms with van der Waals surface area (Å²) < 4.78 is 11.3. The fourth-order valence-electron chi connectivity index (χ4n) is 1.20. The SMILES string of the molecule is CNCc1ncoc1-c1ccc(Br)o1. The summed E-state index contributed by atoms with van der Waals surface area (Å²) in [5, 5.41) is 3.01. The lowest BCUT2D eigenvalue weighted by Crippen LogP contribution is -2.06. The molecule has 4 nitrogen and oxygen atoms in total. The molecule has 2 rings (SSSR count). The second kappa shape index (κ2) is 3.98. The Labute approximate surface area is 89.4 Å². The molecule has 2 aromatic rings. The second-order valence-corrected chi connectivity index (χ2v) is 3.54. The third-order valence-electron chi connectivity index (χ3n) is 1.78. The van der Waals surface area contributed by atoms with Crippen molar-refractivity contribution in [3.8, 4) is 11.5 Å². The largest absolute Gasteiger partial charge is 0.446 e. The Balaban J connectivity index is 2.36. The fraction of sp³-hybridized carbons (Fsp3) is 0.222. The number of hydrogen-bond acceptors (Lipinski definition) is 4. The van der Waals surface area contributed by atoms with E-state index in [1.54, 1.807) is 0 Å². The third kappa shape index (κ3) is 1.73. The number of nitrogens with one attached hydrogen (secondary N) is 1. The maximum atomic E-state index is 5.37. The number of aromatic nitrogens is 1. The number of oxazole rings is 1. The summed E-state index contributed by atoms with van der Waals surface area (Å²) in [7, 11) is 1.86. The van der Waals surface area contributed by atoms with Crippen LogP contribution in [0, 0.1) is 0 Å². The molecule has 0 aliphatic heterocycles. The zero-order chi connectivity index (χ0) is 9.97. The minimum Gasteiger partial charge on any atom is -0.446 e. The van der Waals surface area contributed by atoms with Gasteiger partial charge in [0.1, 0.15) is 5.69 Å². The van der Waals surface area contributed by atoms with Crippen LogP contribution in [0.3, 0.4) is 0 Å². The van der Waals surface area contributed by atoms with E-state index >= 15 is 0 Å². The Hall–Kier alpha value is -1.07. The molecular formula is C9H9BrN2O2. The lowest BCUT2D eigenvalue weighted by Gasteiger charge is -1.96. The van der Waals surface area contributed by atoms with E-state index in [1.165, 1.54) is 6.39 Å². The van der Waals surface area contributed by atoms with Gasteiger partial charge < -0.3 is 14.2 Å². The Morgan fingerprint density at radius 1 is 1.50 bits per heavy atom. The molecule has 14 heavy (non-hydrogen) atoms. The van der Waals surface area contributed by atoms with Gasteiger partial charge in [-0.3, -0.25) is 0 Å². The van der Waals surface area contributed by atoms with Crippen LogP contribution in [-0.4, -0.2) is 12.0 Å². The lowest BCUT2D eigenvalue weighted by molar-refractivity contribution is 0.506. The van der Waals surface area contributed by atoms with Gasteiger partial charge in [-0.1, -0.05) is 0 Å². The molecule has 0 aromatic carbocycles. The number of nitrogens with zero attached hydrogens (tertiary/aromatic N) is 1. The van der Waals surface area contributed by atoms with Gasteiger partial charge in [-0.25, -0.2) is 4.98 Å². The number of halogens is 1. The van der Waals surface area contributed by atoms with Crippen molar-refractivity contribution in [3.63, 3.8) is 0 Å². The first-order valence-corrected chi connectivity index (χ1v) is 4.93. The fourth-order valence-corrected chi connectivity index (χ4v) is 1.51. The highest BCUT2D eigenvalue weighted by atomic mass is 79.9. The molecule has 0 radical (unpaired) electrons. The molecule has 0 aliphatic carbocycles. The van der Waals surface area contributed by atoms with Crippen LogP contribution in [0.5, 0.6) is 0 Å². The average molecular weight is 257 g/mol. The number of rotatable bonds is 3. The smallest absolute Gasteiger partial charge is 0.194 e. The molecule has 0 saturated heterocycles. The molecule has 0 fully saturated rings. The summed E-state index contributed by atoms with van der Waals surface area (Å²) >= 11 is 3.24. The van der Waals surface area contributed by atoms with Crippen LogP contribution < -0.4 is 5.32 Å². The molecule has 74 valence electrons. The molecular weight excluding hydrogens is 248 g/mol. The van der Waals surface area contributed by atoms with Crippen molar-refractivity contribution in [3.05, 3.63) is 28.9 Å². The average Bonchev–Trinajstić information content (AvgIpc) is 2.74. The van der Waals surface area contributed by atoms with Gasteiger partial charge in [-0.05, 0) is 35.1 Å². The van der Waals surface area contributed by atoms with Crippen LogP contribution in [0.1, 0.15) is 5.69 Å². The molecule has 0 amide bonds. The van der Waals surface area contributed by atoms with E-state index < -0.39 is 0 Å². The Morgan fingerprint density at radius 3 is 3.00 bits per heavy atom. The van der Waals surface area contributed by atoms with Crippen molar-refractivity contribution >= 4 is 15.9 Å². The molecule has 0 bridgehead atoms. The van der Waals surface area contributed by atoms with Gasteiger partial charge in [0.05, 0.1) is 0 Å². The van der Waals surface area contributed by atoms with Crippen molar-refractivity contribution in [2.45, 2.75) is 6.54 Å². The maximum Gasteiger partial charge on any atom is 0.194 e. The molecule has 0 atom stereocenters. The van der Waals surface area contributed by atoms with Crippen molar-refractivity contribution in [1.29, 1.82) is 0 Å². The summed E-state index contributed by atoms with van der Waals surface area (Å²) in [6, 6.07) is 3.66. The van der Waals surface area contributed by atoms with Crippen LogP contribution in [0.4, 0.5) is 0 Å². The first kappa shape index (κ1) is 9.48. The van der Waals surface area contributed by atoms with Gasteiger partial charge in [-0.15, -0.1) is 0 Å². The van der Waals surface area contributed by atoms with E-state index in [4.69, 9.17) is 8.83 Å². The zero-order valence-electron chi connectivity index (χ0n) is 7.58. The number of hydrogen-bond donors (Lipinski definition) is 1. The molecule has 0 unspecified atom stereocenters.